The van der Waals surface area contributed by atoms with E-state index < -0.39 is 16.7 Å². The third-order valence-corrected chi connectivity index (χ3v) is 5.06. The van der Waals surface area contributed by atoms with E-state index in [1.54, 1.807) is 48.7 Å². The van der Waals surface area contributed by atoms with Crippen LogP contribution < -0.4 is 10.6 Å². The van der Waals surface area contributed by atoms with Gasteiger partial charge in [0.2, 0.25) is 5.91 Å². The Bertz CT molecular complexity index is 1300. The van der Waals surface area contributed by atoms with Crippen LogP contribution in [0.2, 0.25) is 0 Å². The number of imide groups is 1. The molecule has 1 aliphatic heterocycles. The van der Waals surface area contributed by atoms with E-state index >= 15 is 0 Å². The lowest BCUT2D eigenvalue weighted by Gasteiger charge is -2.15. The highest BCUT2D eigenvalue weighted by molar-refractivity contribution is 6.36. The second-order valence-corrected chi connectivity index (χ2v) is 7.46. The number of non-ortho nitro benzene ring substituents is 1. The van der Waals surface area contributed by atoms with E-state index in [0.717, 1.165) is 4.90 Å². The molecule has 0 saturated heterocycles. The third kappa shape index (κ3) is 4.65. The van der Waals surface area contributed by atoms with E-state index in [0.29, 0.717) is 22.6 Å². The van der Waals surface area contributed by atoms with Gasteiger partial charge in [-0.25, -0.2) is 0 Å². The molecular formula is C24H19N5O5. The van der Waals surface area contributed by atoms with Crippen LogP contribution in [0.1, 0.15) is 18.2 Å². The third-order valence-electron chi connectivity index (χ3n) is 5.06. The fraction of sp³-hybridized carbons (Fsp3) is 0.0833. The van der Waals surface area contributed by atoms with Crippen molar-refractivity contribution < 1.29 is 19.3 Å². The highest BCUT2D eigenvalue weighted by Crippen LogP contribution is 2.32. The van der Waals surface area contributed by atoms with Crippen LogP contribution in [0.5, 0.6) is 0 Å². The van der Waals surface area contributed by atoms with Crippen molar-refractivity contribution in [3.63, 3.8) is 0 Å². The summed E-state index contributed by atoms with van der Waals surface area (Å²) in [6.45, 7) is 1.37. The molecular weight excluding hydrogens is 438 g/mol. The molecule has 0 fully saturated rings. The smallest absolute Gasteiger partial charge is 0.278 e. The van der Waals surface area contributed by atoms with Gasteiger partial charge in [-0.05, 0) is 54.1 Å². The number of carbonyl (C=O) groups is 3. The highest BCUT2D eigenvalue weighted by Gasteiger charge is 2.39. The topological polar surface area (TPSA) is 135 Å². The Morgan fingerprint density at radius 3 is 2.24 bits per heavy atom. The zero-order valence-corrected chi connectivity index (χ0v) is 18.0. The SMILES string of the molecule is CC(=O)Nc1ccc(NC2=C(c3ccc([N+](=O)[O-])cc3)C(=O)N(Cc3ccccn3)C2=O)cc1. The van der Waals surface area contributed by atoms with Crippen LogP contribution in [0.3, 0.4) is 0 Å². The van der Waals surface area contributed by atoms with Crippen LogP contribution in [0, 0.1) is 10.1 Å². The molecule has 0 unspecified atom stereocenters. The summed E-state index contributed by atoms with van der Waals surface area (Å²) >= 11 is 0. The summed E-state index contributed by atoms with van der Waals surface area (Å²) in [5.41, 5.74) is 2.01. The molecule has 1 aliphatic rings. The maximum atomic E-state index is 13.3. The lowest BCUT2D eigenvalue weighted by atomic mass is 10.0. The van der Waals surface area contributed by atoms with Crippen molar-refractivity contribution in [3.8, 4) is 0 Å². The number of pyridine rings is 1. The number of rotatable bonds is 7. The molecule has 0 spiro atoms. The molecule has 2 aromatic carbocycles. The molecule has 0 atom stereocenters. The Labute approximate surface area is 194 Å². The molecule has 3 aromatic rings. The van der Waals surface area contributed by atoms with Crippen LogP contribution in [0.4, 0.5) is 17.1 Å². The maximum Gasteiger partial charge on any atom is 0.278 e. The monoisotopic (exact) mass is 457 g/mol. The van der Waals surface area contributed by atoms with Crippen LogP contribution in [-0.4, -0.2) is 32.5 Å². The Morgan fingerprint density at radius 2 is 1.65 bits per heavy atom. The molecule has 10 nitrogen and oxygen atoms in total. The molecule has 0 radical (unpaired) electrons. The van der Waals surface area contributed by atoms with Gasteiger partial charge >= 0.3 is 0 Å². The number of carbonyl (C=O) groups excluding carboxylic acids is 3. The number of anilines is 2. The van der Waals surface area contributed by atoms with Crippen LogP contribution in [-0.2, 0) is 20.9 Å². The number of aromatic nitrogens is 1. The zero-order valence-electron chi connectivity index (χ0n) is 18.0. The Morgan fingerprint density at radius 1 is 0.971 bits per heavy atom. The van der Waals surface area contributed by atoms with Crippen molar-refractivity contribution in [2.45, 2.75) is 13.5 Å². The van der Waals surface area contributed by atoms with Gasteiger partial charge < -0.3 is 10.6 Å². The summed E-state index contributed by atoms with van der Waals surface area (Å²) < 4.78 is 0. The number of nitro benzene ring substituents is 1. The van der Waals surface area contributed by atoms with Crippen molar-refractivity contribution in [3.05, 3.63) is 100.0 Å². The van der Waals surface area contributed by atoms with Crippen molar-refractivity contribution in [1.29, 1.82) is 0 Å². The van der Waals surface area contributed by atoms with E-state index in [9.17, 15) is 24.5 Å². The number of nitrogens with one attached hydrogen (secondary N) is 2. The van der Waals surface area contributed by atoms with Crippen molar-refractivity contribution in [1.82, 2.24) is 9.88 Å². The second-order valence-electron chi connectivity index (χ2n) is 7.46. The first-order valence-electron chi connectivity index (χ1n) is 10.2. The van der Waals surface area contributed by atoms with Gasteiger partial charge in [-0.1, -0.05) is 6.07 Å². The van der Waals surface area contributed by atoms with E-state index in [4.69, 9.17) is 0 Å². The van der Waals surface area contributed by atoms with Crippen LogP contribution in [0.15, 0.2) is 78.6 Å². The van der Waals surface area contributed by atoms with E-state index in [2.05, 4.69) is 15.6 Å². The summed E-state index contributed by atoms with van der Waals surface area (Å²) in [7, 11) is 0. The molecule has 10 heteroatoms. The Kier molecular flexibility index (Phi) is 6.13. The molecule has 0 bridgehead atoms. The predicted octanol–water partition coefficient (Wildman–Crippen LogP) is 3.34. The Balaban J connectivity index is 1.70. The first-order valence-corrected chi connectivity index (χ1v) is 10.2. The summed E-state index contributed by atoms with van der Waals surface area (Å²) in [4.78, 5) is 53.6. The first kappa shape index (κ1) is 22.3. The summed E-state index contributed by atoms with van der Waals surface area (Å²) in [6, 6.07) is 17.3. The Hall–Kier alpha value is -4.86. The number of amides is 3. The molecule has 0 aliphatic carbocycles. The number of nitrogens with zero attached hydrogens (tertiary/aromatic N) is 3. The average Bonchev–Trinajstić information content (AvgIpc) is 3.05. The van der Waals surface area contributed by atoms with Gasteiger partial charge in [-0.3, -0.25) is 34.4 Å². The minimum absolute atomic E-state index is 0.0262. The van der Waals surface area contributed by atoms with Crippen molar-refractivity contribution in [2.24, 2.45) is 0 Å². The van der Waals surface area contributed by atoms with E-state index in [1.807, 2.05) is 0 Å². The standard InChI is InChI=1S/C24H19N5O5/c1-15(30)26-17-7-9-18(10-8-17)27-22-21(16-5-11-20(12-6-16)29(33)34)23(31)28(24(22)32)14-19-4-2-3-13-25-19/h2-13,27H,14H2,1H3,(H,26,30). The van der Waals surface area contributed by atoms with E-state index in [-0.39, 0.29) is 29.4 Å². The number of nitro groups is 1. The van der Waals surface area contributed by atoms with Crippen LogP contribution in [0.25, 0.3) is 5.57 Å². The molecule has 2 N–H and O–H groups in total. The van der Waals surface area contributed by atoms with Gasteiger partial charge in [0.1, 0.15) is 5.70 Å². The lowest BCUT2D eigenvalue weighted by molar-refractivity contribution is -0.384. The van der Waals surface area contributed by atoms with E-state index in [1.165, 1.54) is 31.2 Å². The van der Waals surface area contributed by atoms with Gasteiger partial charge in [-0.2, -0.15) is 0 Å². The quantitative estimate of drug-likeness (QED) is 0.316. The predicted molar refractivity (Wildman–Crippen MR) is 124 cm³/mol. The number of benzene rings is 2. The zero-order chi connectivity index (χ0) is 24.2. The molecule has 0 saturated carbocycles. The lowest BCUT2D eigenvalue weighted by Crippen LogP contribution is -2.32. The number of hydrogen-bond donors (Lipinski definition) is 2. The van der Waals surface area contributed by atoms with Crippen LogP contribution >= 0.6 is 0 Å². The van der Waals surface area contributed by atoms with Gasteiger partial charge in [0.25, 0.3) is 17.5 Å². The average molecular weight is 457 g/mol. The molecule has 2 heterocycles. The second kappa shape index (κ2) is 9.33. The summed E-state index contributed by atoms with van der Waals surface area (Å²) in [5.74, 6) is -1.30. The summed E-state index contributed by atoms with van der Waals surface area (Å²) in [6.07, 6.45) is 1.57. The maximum absolute atomic E-state index is 13.3. The van der Waals surface area contributed by atoms with Gasteiger partial charge in [-0.15, -0.1) is 0 Å². The van der Waals surface area contributed by atoms with Gasteiger partial charge in [0.05, 0.1) is 22.7 Å². The fourth-order valence-electron chi connectivity index (χ4n) is 3.49. The summed E-state index contributed by atoms with van der Waals surface area (Å²) in [5, 5.41) is 16.7. The molecule has 4 rings (SSSR count). The molecule has 170 valence electrons. The largest absolute Gasteiger partial charge is 0.350 e. The molecule has 3 amide bonds. The van der Waals surface area contributed by atoms with Crippen molar-refractivity contribution >= 4 is 40.4 Å². The normalized spacial score (nSPS) is 13.3. The van der Waals surface area contributed by atoms with Gasteiger partial charge in [0, 0.05) is 36.6 Å². The number of hydrogen-bond acceptors (Lipinski definition) is 7. The molecule has 34 heavy (non-hydrogen) atoms. The minimum Gasteiger partial charge on any atom is -0.350 e. The first-order chi connectivity index (χ1) is 16.3. The van der Waals surface area contributed by atoms with Crippen molar-refractivity contribution in [2.75, 3.05) is 10.6 Å². The minimum atomic E-state index is -0.546. The highest BCUT2D eigenvalue weighted by atomic mass is 16.6. The fourth-order valence-corrected chi connectivity index (χ4v) is 3.49. The molecule has 1 aromatic heterocycles. The van der Waals surface area contributed by atoms with Gasteiger partial charge in [0.15, 0.2) is 0 Å².